The van der Waals surface area contributed by atoms with Crippen molar-refractivity contribution in [2.75, 3.05) is 13.7 Å². The quantitative estimate of drug-likeness (QED) is 0.816. The Bertz CT molecular complexity index is 377. The highest BCUT2D eigenvalue weighted by Crippen LogP contribution is 2.26. The van der Waals surface area contributed by atoms with E-state index in [0.717, 1.165) is 11.3 Å². The largest absolute Gasteiger partial charge is 0.496 e. The molecular weight excluding hydrogens is 226 g/mol. The average molecular weight is 251 g/mol. The van der Waals surface area contributed by atoms with Crippen LogP contribution in [0.4, 0.5) is 0 Å². The van der Waals surface area contributed by atoms with Crippen molar-refractivity contribution in [3.05, 3.63) is 29.3 Å². The van der Waals surface area contributed by atoms with Crippen molar-refractivity contribution >= 4 is 0 Å². The second-order valence-corrected chi connectivity index (χ2v) is 5.17. The van der Waals surface area contributed by atoms with Gasteiger partial charge in [-0.15, -0.1) is 0 Å². The van der Waals surface area contributed by atoms with E-state index in [1.807, 2.05) is 12.1 Å². The van der Waals surface area contributed by atoms with Crippen LogP contribution in [0.25, 0.3) is 0 Å². The van der Waals surface area contributed by atoms with E-state index in [0.29, 0.717) is 5.92 Å². The standard InChI is InChI=1S/C15H25NO2/c1-10(2)14(9-17)16-12(4)13-8-11(3)6-7-15(13)18-5/h6-8,10,12,14,16-17H,9H2,1-5H3/t12?,14-/m1/s1. The summed E-state index contributed by atoms with van der Waals surface area (Å²) in [4.78, 5) is 0. The lowest BCUT2D eigenvalue weighted by atomic mass is 10.00. The monoisotopic (exact) mass is 251 g/mol. The molecular formula is C15H25NO2. The molecule has 1 rings (SSSR count). The molecule has 0 saturated carbocycles. The zero-order valence-electron chi connectivity index (χ0n) is 12.0. The topological polar surface area (TPSA) is 41.5 Å². The molecule has 0 aromatic heterocycles. The number of aliphatic hydroxyl groups is 1. The lowest BCUT2D eigenvalue weighted by molar-refractivity contribution is 0.200. The first-order valence-corrected chi connectivity index (χ1v) is 6.51. The van der Waals surface area contributed by atoms with Crippen molar-refractivity contribution < 1.29 is 9.84 Å². The van der Waals surface area contributed by atoms with Gasteiger partial charge >= 0.3 is 0 Å². The molecule has 1 unspecified atom stereocenters. The number of ether oxygens (including phenoxy) is 1. The van der Waals surface area contributed by atoms with E-state index in [-0.39, 0.29) is 18.7 Å². The highest BCUT2D eigenvalue weighted by Gasteiger charge is 2.18. The van der Waals surface area contributed by atoms with Gasteiger partial charge in [-0.25, -0.2) is 0 Å². The van der Waals surface area contributed by atoms with Crippen LogP contribution in [-0.2, 0) is 0 Å². The van der Waals surface area contributed by atoms with Gasteiger partial charge in [0.25, 0.3) is 0 Å². The summed E-state index contributed by atoms with van der Waals surface area (Å²) in [5.41, 5.74) is 2.35. The predicted molar refractivity (Wildman–Crippen MR) is 75.0 cm³/mol. The zero-order chi connectivity index (χ0) is 13.7. The van der Waals surface area contributed by atoms with Gasteiger partial charge in [-0.2, -0.15) is 0 Å². The Morgan fingerprint density at radius 3 is 2.44 bits per heavy atom. The van der Waals surface area contributed by atoms with Gasteiger partial charge in [0, 0.05) is 17.6 Å². The van der Waals surface area contributed by atoms with Gasteiger partial charge in [-0.3, -0.25) is 0 Å². The third kappa shape index (κ3) is 3.72. The number of aliphatic hydroxyl groups excluding tert-OH is 1. The summed E-state index contributed by atoms with van der Waals surface area (Å²) < 4.78 is 5.39. The van der Waals surface area contributed by atoms with Crippen LogP contribution in [-0.4, -0.2) is 24.9 Å². The van der Waals surface area contributed by atoms with Crippen molar-refractivity contribution in [3.8, 4) is 5.75 Å². The lowest BCUT2D eigenvalue weighted by Crippen LogP contribution is -2.38. The minimum absolute atomic E-state index is 0.102. The molecule has 0 spiro atoms. The smallest absolute Gasteiger partial charge is 0.123 e. The van der Waals surface area contributed by atoms with Gasteiger partial charge in [-0.1, -0.05) is 31.5 Å². The molecule has 0 aliphatic heterocycles. The second-order valence-electron chi connectivity index (χ2n) is 5.17. The van der Waals surface area contributed by atoms with E-state index in [4.69, 9.17) is 4.74 Å². The SMILES string of the molecule is COc1ccc(C)cc1C(C)N[C@H](CO)C(C)C. The highest BCUT2D eigenvalue weighted by molar-refractivity contribution is 5.38. The summed E-state index contributed by atoms with van der Waals surface area (Å²) in [5.74, 6) is 1.29. The van der Waals surface area contributed by atoms with Crippen molar-refractivity contribution in [1.29, 1.82) is 0 Å². The highest BCUT2D eigenvalue weighted by atomic mass is 16.5. The van der Waals surface area contributed by atoms with Crippen LogP contribution in [0.1, 0.15) is 37.9 Å². The van der Waals surface area contributed by atoms with Gasteiger partial charge in [0.2, 0.25) is 0 Å². The van der Waals surface area contributed by atoms with Crippen LogP contribution in [0, 0.1) is 12.8 Å². The molecule has 2 N–H and O–H groups in total. The fourth-order valence-electron chi connectivity index (χ4n) is 2.06. The molecule has 3 nitrogen and oxygen atoms in total. The fraction of sp³-hybridized carbons (Fsp3) is 0.600. The number of hydrogen-bond donors (Lipinski definition) is 2. The maximum Gasteiger partial charge on any atom is 0.123 e. The number of rotatable bonds is 6. The maximum absolute atomic E-state index is 9.38. The maximum atomic E-state index is 9.38. The summed E-state index contributed by atoms with van der Waals surface area (Å²) in [6.07, 6.45) is 0. The molecule has 102 valence electrons. The Morgan fingerprint density at radius 1 is 1.28 bits per heavy atom. The van der Waals surface area contributed by atoms with Gasteiger partial charge in [0.15, 0.2) is 0 Å². The summed E-state index contributed by atoms with van der Waals surface area (Å²) >= 11 is 0. The first-order chi connectivity index (χ1) is 8.49. The summed E-state index contributed by atoms with van der Waals surface area (Å²) in [6.45, 7) is 8.53. The molecule has 1 aromatic rings. The van der Waals surface area contributed by atoms with Gasteiger partial charge in [-0.05, 0) is 25.8 Å². The van der Waals surface area contributed by atoms with Gasteiger partial charge < -0.3 is 15.2 Å². The van der Waals surface area contributed by atoms with E-state index in [1.165, 1.54) is 5.56 Å². The van der Waals surface area contributed by atoms with E-state index in [9.17, 15) is 5.11 Å². The van der Waals surface area contributed by atoms with Crippen molar-refractivity contribution in [3.63, 3.8) is 0 Å². The van der Waals surface area contributed by atoms with Crippen LogP contribution in [0.3, 0.4) is 0 Å². The summed E-state index contributed by atoms with van der Waals surface area (Å²) in [6, 6.07) is 6.42. The number of benzene rings is 1. The molecule has 0 heterocycles. The zero-order valence-corrected chi connectivity index (χ0v) is 12.0. The van der Waals surface area contributed by atoms with E-state index < -0.39 is 0 Å². The van der Waals surface area contributed by atoms with E-state index >= 15 is 0 Å². The molecule has 0 bridgehead atoms. The van der Waals surface area contributed by atoms with Crippen molar-refractivity contribution in [2.24, 2.45) is 5.92 Å². The Hall–Kier alpha value is -1.06. The first-order valence-electron chi connectivity index (χ1n) is 6.51. The second kappa shape index (κ2) is 6.76. The van der Waals surface area contributed by atoms with E-state index in [1.54, 1.807) is 7.11 Å². The van der Waals surface area contributed by atoms with Gasteiger partial charge in [0.05, 0.1) is 13.7 Å². The Morgan fingerprint density at radius 2 is 1.94 bits per heavy atom. The van der Waals surface area contributed by atoms with Gasteiger partial charge in [0.1, 0.15) is 5.75 Å². The summed E-state index contributed by atoms with van der Waals surface area (Å²) in [5, 5.41) is 12.8. The Balaban J connectivity index is 2.88. The van der Waals surface area contributed by atoms with Crippen LogP contribution < -0.4 is 10.1 Å². The fourth-order valence-corrected chi connectivity index (χ4v) is 2.06. The molecule has 0 radical (unpaired) electrons. The first kappa shape index (κ1) is 15.0. The Kier molecular flexibility index (Phi) is 5.63. The molecule has 0 fully saturated rings. The van der Waals surface area contributed by atoms with Crippen LogP contribution in [0.5, 0.6) is 5.75 Å². The molecule has 2 atom stereocenters. The van der Waals surface area contributed by atoms with E-state index in [2.05, 4.69) is 39.1 Å². The average Bonchev–Trinajstić information content (AvgIpc) is 2.35. The lowest BCUT2D eigenvalue weighted by Gasteiger charge is -2.26. The molecule has 0 saturated heterocycles. The molecule has 3 heteroatoms. The van der Waals surface area contributed by atoms with Crippen molar-refractivity contribution in [1.82, 2.24) is 5.32 Å². The van der Waals surface area contributed by atoms with Crippen LogP contribution in [0.2, 0.25) is 0 Å². The molecule has 0 aliphatic carbocycles. The molecule has 1 aromatic carbocycles. The Labute approximate surface area is 110 Å². The molecule has 0 aliphatic rings. The third-order valence-corrected chi connectivity index (χ3v) is 3.32. The molecule has 18 heavy (non-hydrogen) atoms. The van der Waals surface area contributed by atoms with Crippen LogP contribution in [0.15, 0.2) is 18.2 Å². The molecule has 0 amide bonds. The predicted octanol–water partition coefficient (Wildman–Crippen LogP) is 2.67. The number of methoxy groups -OCH3 is 1. The number of aryl methyl sites for hydroxylation is 1. The van der Waals surface area contributed by atoms with Crippen molar-refractivity contribution in [2.45, 2.75) is 39.8 Å². The summed E-state index contributed by atoms with van der Waals surface area (Å²) in [7, 11) is 1.69. The van der Waals surface area contributed by atoms with Crippen LogP contribution >= 0.6 is 0 Å². The third-order valence-electron chi connectivity index (χ3n) is 3.32. The minimum Gasteiger partial charge on any atom is -0.496 e. The normalized spacial score (nSPS) is 14.6. The number of hydrogen-bond acceptors (Lipinski definition) is 3. The minimum atomic E-state index is 0.102. The number of nitrogens with one attached hydrogen (secondary N) is 1.